The summed E-state index contributed by atoms with van der Waals surface area (Å²) in [5.74, 6) is -0.266. The highest BCUT2D eigenvalue weighted by molar-refractivity contribution is 7.13. The largest absolute Gasteiger partial charge is 0.492 e. The van der Waals surface area contributed by atoms with Crippen molar-refractivity contribution in [2.45, 2.75) is 25.7 Å². The number of urea groups is 1. The lowest BCUT2D eigenvalue weighted by Gasteiger charge is -2.31. The van der Waals surface area contributed by atoms with Crippen LogP contribution >= 0.6 is 11.3 Å². The number of rotatable bonds is 6. The van der Waals surface area contributed by atoms with Gasteiger partial charge in [-0.2, -0.15) is 0 Å². The fraction of sp³-hybridized carbons (Fsp3) is 0.304. The molecule has 1 saturated heterocycles. The summed E-state index contributed by atoms with van der Waals surface area (Å²) in [6.07, 6.45) is 1.66. The quantitative estimate of drug-likeness (QED) is 0.544. The number of carbonyl (C=O) groups is 2. The van der Waals surface area contributed by atoms with Gasteiger partial charge in [0.25, 0.3) is 5.91 Å². The minimum absolute atomic E-state index is 0.0140. The molecular weight excluding hydrogens is 445 g/mol. The van der Waals surface area contributed by atoms with Crippen molar-refractivity contribution in [1.82, 2.24) is 15.1 Å². The number of nitrogens with zero attached hydrogens (tertiary/aromatic N) is 3. The third-order valence-electron chi connectivity index (χ3n) is 5.20. The highest BCUT2D eigenvalue weighted by atomic mass is 32.1. The lowest BCUT2D eigenvalue weighted by atomic mass is 9.99. The molecule has 8 nitrogen and oxygen atoms in total. The monoisotopic (exact) mass is 469 g/mol. The molecule has 1 atom stereocenters. The molecule has 2 N–H and O–H groups in total. The van der Waals surface area contributed by atoms with E-state index in [9.17, 15) is 14.0 Å². The average Bonchev–Trinajstić information content (AvgIpc) is 3.31. The van der Waals surface area contributed by atoms with E-state index in [0.29, 0.717) is 41.8 Å². The molecule has 33 heavy (non-hydrogen) atoms. The van der Waals surface area contributed by atoms with Gasteiger partial charge in [0, 0.05) is 24.7 Å². The number of benzene rings is 2. The number of ether oxygens (including phenoxy) is 1. The second-order valence-corrected chi connectivity index (χ2v) is 8.56. The molecule has 1 aromatic heterocycles. The van der Waals surface area contributed by atoms with Gasteiger partial charge in [-0.3, -0.25) is 4.79 Å². The summed E-state index contributed by atoms with van der Waals surface area (Å²) in [5.41, 5.74) is 0.975. The van der Waals surface area contributed by atoms with Crippen molar-refractivity contribution in [2.75, 3.05) is 30.3 Å². The number of aromatic nitrogens is 2. The first kappa shape index (κ1) is 22.7. The minimum Gasteiger partial charge on any atom is -0.492 e. The van der Waals surface area contributed by atoms with Crippen LogP contribution in [0.15, 0.2) is 48.5 Å². The second-order valence-electron chi connectivity index (χ2n) is 7.55. The maximum atomic E-state index is 13.3. The molecule has 1 aliphatic heterocycles. The van der Waals surface area contributed by atoms with Gasteiger partial charge in [-0.15, -0.1) is 10.2 Å². The van der Waals surface area contributed by atoms with Gasteiger partial charge in [0.15, 0.2) is 0 Å². The second kappa shape index (κ2) is 10.4. The number of carbonyl (C=O) groups excluding carboxylic acids is 2. The van der Waals surface area contributed by atoms with Crippen LogP contribution in [0.25, 0.3) is 0 Å². The molecule has 2 aromatic carbocycles. The van der Waals surface area contributed by atoms with Gasteiger partial charge in [0.1, 0.15) is 16.6 Å². The van der Waals surface area contributed by atoms with E-state index in [4.69, 9.17) is 4.74 Å². The van der Waals surface area contributed by atoms with E-state index in [1.807, 2.05) is 25.1 Å². The molecule has 3 aromatic rings. The molecule has 1 fully saturated rings. The number of para-hydroxylation sites is 2. The molecule has 0 bridgehead atoms. The number of anilines is 2. The molecule has 0 radical (unpaired) electrons. The Labute approximate surface area is 194 Å². The Morgan fingerprint density at radius 2 is 2.03 bits per heavy atom. The van der Waals surface area contributed by atoms with Crippen LogP contribution < -0.4 is 15.4 Å². The van der Waals surface area contributed by atoms with Gasteiger partial charge in [-0.05, 0) is 50.1 Å². The lowest BCUT2D eigenvalue weighted by molar-refractivity contribution is 0.102. The molecule has 0 unspecified atom stereocenters. The van der Waals surface area contributed by atoms with E-state index in [1.165, 1.54) is 29.5 Å². The third kappa shape index (κ3) is 5.64. The summed E-state index contributed by atoms with van der Waals surface area (Å²) in [5, 5.41) is 14.6. The van der Waals surface area contributed by atoms with Crippen molar-refractivity contribution in [3.8, 4) is 5.75 Å². The zero-order valence-electron chi connectivity index (χ0n) is 18.1. The topological polar surface area (TPSA) is 96.4 Å². The summed E-state index contributed by atoms with van der Waals surface area (Å²) < 4.78 is 18.9. The van der Waals surface area contributed by atoms with Crippen LogP contribution in [0.3, 0.4) is 0 Å². The van der Waals surface area contributed by atoms with Crippen LogP contribution in [-0.4, -0.2) is 46.7 Å². The van der Waals surface area contributed by atoms with Crippen molar-refractivity contribution >= 4 is 34.6 Å². The number of hydrogen-bond acceptors (Lipinski definition) is 6. The minimum atomic E-state index is -0.442. The maximum Gasteiger partial charge on any atom is 0.321 e. The molecule has 0 spiro atoms. The van der Waals surface area contributed by atoms with E-state index in [0.717, 1.165) is 12.8 Å². The van der Waals surface area contributed by atoms with E-state index in [-0.39, 0.29) is 17.0 Å². The molecule has 0 aliphatic carbocycles. The Bertz CT molecular complexity index is 1140. The van der Waals surface area contributed by atoms with Crippen molar-refractivity contribution < 1.29 is 18.7 Å². The predicted molar refractivity (Wildman–Crippen MR) is 124 cm³/mol. The maximum absolute atomic E-state index is 13.3. The van der Waals surface area contributed by atoms with E-state index in [2.05, 4.69) is 20.8 Å². The summed E-state index contributed by atoms with van der Waals surface area (Å²) in [7, 11) is 0. The van der Waals surface area contributed by atoms with Crippen LogP contribution in [0.2, 0.25) is 0 Å². The Balaban J connectivity index is 1.39. The normalized spacial score (nSPS) is 15.7. The Hall–Kier alpha value is -3.53. The molecule has 2 heterocycles. The van der Waals surface area contributed by atoms with Crippen molar-refractivity contribution in [3.63, 3.8) is 0 Å². The fourth-order valence-corrected chi connectivity index (χ4v) is 4.52. The molecule has 0 saturated carbocycles. The SMILES string of the molecule is CCOc1ccccc1NC(=O)N1CCC[C@H](c2nnc(C(=O)Nc3cccc(F)c3)s2)C1. The first-order chi connectivity index (χ1) is 16.0. The van der Waals surface area contributed by atoms with Crippen LogP contribution in [-0.2, 0) is 0 Å². The van der Waals surface area contributed by atoms with Gasteiger partial charge in [-0.25, -0.2) is 9.18 Å². The highest BCUT2D eigenvalue weighted by Crippen LogP contribution is 2.30. The van der Waals surface area contributed by atoms with Crippen LogP contribution in [0.4, 0.5) is 20.6 Å². The van der Waals surface area contributed by atoms with Crippen molar-refractivity contribution in [1.29, 1.82) is 0 Å². The third-order valence-corrected chi connectivity index (χ3v) is 6.29. The molecule has 3 amide bonds. The molecule has 1 aliphatic rings. The van der Waals surface area contributed by atoms with E-state index < -0.39 is 11.7 Å². The highest BCUT2D eigenvalue weighted by Gasteiger charge is 2.28. The van der Waals surface area contributed by atoms with Gasteiger partial charge in [0.05, 0.1) is 12.3 Å². The first-order valence-corrected chi connectivity index (χ1v) is 11.5. The van der Waals surface area contributed by atoms with Crippen LogP contribution in [0.1, 0.15) is 40.5 Å². The van der Waals surface area contributed by atoms with Crippen molar-refractivity contribution in [3.05, 3.63) is 64.4 Å². The number of nitrogens with one attached hydrogen (secondary N) is 2. The number of piperidine rings is 1. The van der Waals surface area contributed by atoms with Crippen LogP contribution in [0.5, 0.6) is 5.75 Å². The van der Waals surface area contributed by atoms with Gasteiger partial charge < -0.3 is 20.3 Å². The Morgan fingerprint density at radius 3 is 2.85 bits per heavy atom. The molecule has 10 heteroatoms. The average molecular weight is 470 g/mol. The summed E-state index contributed by atoms with van der Waals surface area (Å²) >= 11 is 1.19. The summed E-state index contributed by atoms with van der Waals surface area (Å²) in [6, 6.07) is 12.8. The number of amides is 3. The van der Waals surface area contributed by atoms with E-state index in [1.54, 1.807) is 17.0 Å². The van der Waals surface area contributed by atoms with E-state index >= 15 is 0 Å². The fourth-order valence-electron chi connectivity index (χ4n) is 3.65. The van der Waals surface area contributed by atoms with Gasteiger partial charge in [0.2, 0.25) is 5.01 Å². The molecule has 4 rings (SSSR count). The first-order valence-electron chi connectivity index (χ1n) is 10.7. The Kier molecular flexibility index (Phi) is 7.13. The predicted octanol–water partition coefficient (Wildman–Crippen LogP) is 4.74. The number of likely N-dealkylation sites (tertiary alicyclic amines) is 1. The number of halogens is 1. The zero-order chi connectivity index (χ0) is 23.2. The standard InChI is InChI=1S/C23H24FN5O3S/c1-2-32-19-11-4-3-10-18(19)26-23(31)29-12-6-7-15(14-29)21-27-28-22(33-21)20(30)25-17-9-5-8-16(24)13-17/h3-5,8-11,13,15H,2,6-7,12,14H2,1H3,(H,25,30)(H,26,31)/t15-/m0/s1. The van der Waals surface area contributed by atoms with Gasteiger partial charge >= 0.3 is 6.03 Å². The van der Waals surface area contributed by atoms with Crippen LogP contribution in [0, 0.1) is 5.82 Å². The lowest BCUT2D eigenvalue weighted by Crippen LogP contribution is -2.41. The van der Waals surface area contributed by atoms with Crippen molar-refractivity contribution in [2.24, 2.45) is 0 Å². The smallest absolute Gasteiger partial charge is 0.321 e. The summed E-state index contributed by atoms with van der Waals surface area (Å²) in [4.78, 5) is 27.1. The van der Waals surface area contributed by atoms with Gasteiger partial charge in [-0.1, -0.05) is 29.5 Å². The zero-order valence-corrected chi connectivity index (χ0v) is 18.9. The Morgan fingerprint density at radius 1 is 1.18 bits per heavy atom. The molecule has 172 valence electrons. The number of hydrogen-bond donors (Lipinski definition) is 2. The summed E-state index contributed by atoms with van der Waals surface area (Å²) in [6.45, 7) is 3.50. The molecular formula is C23H24FN5O3S.